The van der Waals surface area contributed by atoms with Gasteiger partial charge in [0.1, 0.15) is 5.82 Å². The number of benzene rings is 2. The van der Waals surface area contributed by atoms with Crippen LogP contribution in [0.25, 0.3) is 0 Å². The van der Waals surface area contributed by atoms with Crippen LogP contribution in [0.1, 0.15) is 15.9 Å². The molecule has 0 bridgehead atoms. The normalized spacial score (nSPS) is 10.3. The number of carbonyl (C=O) groups is 1. The quantitative estimate of drug-likeness (QED) is 0.658. The van der Waals surface area contributed by atoms with Crippen molar-refractivity contribution < 1.29 is 4.79 Å². The maximum atomic E-state index is 12.3. The van der Waals surface area contributed by atoms with Crippen LogP contribution in [-0.4, -0.2) is 10.9 Å². The number of anilines is 2. The fraction of sp³-hybridized carbons (Fsp3) is 0.0526. The molecule has 0 aliphatic carbocycles. The number of pyridine rings is 1. The Kier molecular flexibility index (Phi) is 5.53. The summed E-state index contributed by atoms with van der Waals surface area (Å²) in [5.74, 6) is 0.336. The largest absolute Gasteiger partial charge is 0.348 e. The Morgan fingerprint density at radius 1 is 1.00 bits per heavy atom. The van der Waals surface area contributed by atoms with Gasteiger partial charge in [-0.2, -0.15) is 0 Å². The van der Waals surface area contributed by atoms with E-state index in [1.165, 1.54) is 0 Å². The Bertz CT molecular complexity index is 885. The van der Waals surface area contributed by atoms with Crippen LogP contribution >= 0.6 is 23.2 Å². The molecule has 1 heterocycles. The van der Waals surface area contributed by atoms with Gasteiger partial charge in [-0.1, -0.05) is 53.5 Å². The van der Waals surface area contributed by atoms with Crippen LogP contribution in [-0.2, 0) is 6.54 Å². The zero-order chi connectivity index (χ0) is 17.6. The molecule has 3 rings (SSSR count). The van der Waals surface area contributed by atoms with Crippen molar-refractivity contribution in [2.45, 2.75) is 6.54 Å². The zero-order valence-corrected chi connectivity index (χ0v) is 14.7. The number of aromatic nitrogens is 1. The molecule has 0 saturated heterocycles. The van der Waals surface area contributed by atoms with E-state index in [0.29, 0.717) is 33.7 Å². The first-order valence-corrected chi connectivity index (χ1v) is 8.38. The third kappa shape index (κ3) is 4.72. The third-order valence-corrected chi connectivity index (χ3v) is 4.07. The van der Waals surface area contributed by atoms with Crippen LogP contribution in [0.15, 0.2) is 66.9 Å². The Morgan fingerprint density at radius 2 is 1.80 bits per heavy atom. The summed E-state index contributed by atoms with van der Waals surface area (Å²) in [6.45, 7) is 0.463. The van der Waals surface area contributed by atoms with Crippen molar-refractivity contribution in [2.75, 3.05) is 5.32 Å². The number of hydrogen-bond acceptors (Lipinski definition) is 3. The van der Waals surface area contributed by atoms with Crippen molar-refractivity contribution in [3.63, 3.8) is 0 Å². The van der Waals surface area contributed by atoms with Gasteiger partial charge in [0.2, 0.25) is 0 Å². The van der Waals surface area contributed by atoms with Crippen molar-refractivity contribution in [1.29, 1.82) is 0 Å². The molecule has 25 heavy (non-hydrogen) atoms. The van der Waals surface area contributed by atoms with Gasteiger partial charge in [0.15, 0.2) is 0 Å². The summed E-state index contributed by atoms with van der Waals surface area (Å²) in [5.41, 5.74) is 2.17. The average molecular weight is 372 g/mol. The molecule has 1 aromatic heterocycles. The molecule has 0 unspecified atom stereocenters. The summed E-state index contributed by atoms with van der Waals surface area (Å²) < 4.78 is 0. The minimum Gasteiger partial charge on any atom is -0.348 e. The maximum Gasteiger partial charge on any atom is 0.251 e. The molecular weight excluding hydrogens is 357 g/mol. The monoisotopic (exact) mass is 371 g/mol. The first-order valence-electron chi connectivity index (χ1n) is 7.62. The molecule has 0 aliphatic rings. The van der Waals surface area contributed by atoms with Crippen molar-refractivity contribution in [3.8, 4) is 0 Å². The summed E-state index contributed by atoms with van der Waals surface area (Å²) in [6.07, 6.45) is 1.57. The molecule has 0 atom stereocenters. The van der Waals surface area contributed by atoms with E-state index in [4.69, 9.17) is 23.2 Å². The van der Waals surface area contributed by atoms with E-state index in [1.807, 2.05) is 30.3 Å². The number of carbonyl (C=O) groups excluding carboxylic acids is 1. The Morgan fingerprint density at radius 3 is 2.60 bits per heavy atom. The Hall–Kier alpha value is -2.56. The highest BCUT2D eigenvalue weighted by Gasteiger charge is 2.08. The molecular formula is C19H15Cl2N3O. The van der Waals surface area contributed by atoms with Gasteiger partial charge in [-0.05, 0) is 35.9 Å². The summed E-state index contributed by atoms with van der Waals surface area (Å²) >= 11 is 12.1. The first kappa shape index (κ1) is 17.3. The second-order valence-electron chi connectivity index (χ2n) is 5.35. The predicted octanol–water partition coefficient (Wildman–Crippen LogP) is 5.06. The van der Waals surface area contributed by atoms with E-state index in [0.717, 1.165) is 5.56 Å². The highest BCUT2D eigenvalue weighted by molar-refractivity contribution is 6.35. The highest BCUT2D eigenvalue weighted by Crippen LogP contribution is 2.27. The van der Waals surface area contributed by atoms with Crippen molar-refractivity contribution in [3.05, 3.63) is 88.0 Å². The van der Waals surface area contributed by atoms with Crippen LogP contribution in [0, 0.1) is 0 Å². The average Bonchev–Trinajstić information content (AvgIpc) is 2.64. The molecule has 6 heteroatoms. The zero-order valence-electron chi connectivity index (χ0n) is 13.2. The lowest BCUT2D eigenvalue weighted by Crippen LogP contribution is -2.22. The van der Waals surface area contributed by atoms with Gasteiger partial charge in [-0.3, -0.25) is 4.79 Å². The lowest BCUT2D eigenvalue weighted by atomic mass is 10.2. The van der Waals surface area contributed by atoms with Crippen LogP contribution < -0.4 is 10.6 Å². The van der Waals surface area contributed by atoms with Gasteiger partial charge < -0.3 is 10.6 Å². The minimum absolute atomic E-state index is 0.175. The molecule has 2 N–H and O–H groups in total. The van der Waals surface area contributed by atoms with Gasteiger partial charge in [-0.25, -0.2) is 4.98 Å². The van der Waals surface area contributed by atoms with Crippen molar-refractivity contribution in [1.82, 2.24) is 10.3 Å². The molecule has 126 valence electrons. The topological polar surface area (TPSA) is 54.0 Å². The molecule has 2 aromatic carbocycles. The Labute approximate surface area is 155 Å². The minimum atomic E-state index is -0.175. The Balaban J connectivity index is 1.70. The maximum absolute atomic E-state index is 12.3. The molecule has 0 aliphatic heterocycles. The first-order chi connectivity index (χ1) is 12.1. The van der Waals surface area contributed by atoms with E-state index in [9.17, 15) is 4.79 Å². The predicted molar refractivity (Wildman–Crippen MR) is 102 cm³/mol. The van der Waals surface area contributed by atoms with Crippen LogP contribution in [0.2, 0.25) is 10.0 Å². The summed E-state index contributed by atoms with van der Waals surface area (Å²) in [6, 6.07) is 18.2. The molecule has 0 radical (unpaired) electrons. The number of halogens is 2. The van der Waals surface area contributed by atoms with Crippen LogP contribution in [0.4, 0.5) is 11.5 Å². The van der Waals surface area contributed by atoms with Crippen molar-refractivity contribution >= 4 is 40.6 Å². The molecule has 4 nitrogen and oxygen atoms in total. The second kappa shape index (κ2) is 8.01. The fourth-order valence-corrected chi connectivity index (χ4v) is 2.59. The van der Waals surface area contributed by atoms with E-state index >= 15 is 0 Å². The fourth-order valence-electron chi connectivity index (χ4n) is 2.25. The van der Waals surface area contributed by atoms with Gasteiger partial charge in [-0.15, -0.1) is 0 Å². The smallest absolute Gasteiger partial charge is 0.251 e. The summed E-state index contributed by atoms with van der Waals surface area (Å²) in [5, 5.41) is 7.04. The molecule has 1 amide bonds. The van der Waals surface area contributed by atoms with Gasteiger partial charge in [0.05, 0.1) is 10.7 Å². The summed E-state index contributed by atoms with van der Waals surface area (Å²) in [7, 11) is 0. The lowest BCUT2D eigenvalue weighted by Gasteiger charge is -2.10. The van der Waals surface area contributed by atoms with Gasteiger partial charge in [0.25, 0.3) is 5.91 Å². The second-order valence-corrected chi connectivity index (χ2v) is 6.19. The number of rotatable bonds is 5. The third-order valence-electron chi connectivity index (χ3n) is 3.51. The van der Waals surface area contributed by atoms with E-state index in [1.54, 1.807) is 36.5 Å². The van der Waals surface area contributed by atoms with E-state index in [2.05, 4.69) is 15.6 Å². The van der Waals surface area contributed by atoms with E-state index in [-0.39, 0.29) is 5.91 Å². The molecule has 3 aromatic rings. The number of amides is 1. The SMILES string of the molecule is O=C(NCc1ccccc1)c1ccnc(Nc2cc(Cl)ccc2Cl)c1. The van der Waals surface area contributed by atoms with Crippen molar-refractivity contribution in [2.24, 2.45) is 0 Å². The van der Waals surface area contributed by atoms with Gasteiger partial charge >= 0.3 is 0 Å². The van der Waals surface area contributed by atoms with Gasteiger partial charge in [0, 0.05) is 23.3 Å². The number of nitrogens with zero attached hydrogens (tertiary/aromatic N) is 1. The standard InChI is InChI=1S/C19H15Cl2N3O/c20-15-6-7-16(21)17(11-15)24-18-10-14(8-9-22-18)19(25)23-12-13-4-2-1-3-5-13/h1-11H,12H2,(H,22,24)(H,23,25). The number of hydrogen-bond donors (Lipinski definition) is 2. The molecule has 0 saturated carbocycles. The lowest BCUT2D eigenvalue weighted by molar-refractivity contribution is 0.0951. The molecule has 0 fully saturated rings. The summed E-state index contributed by atoms with van der Waals surface area (Å²) in [4.78, 5) is 16.5. The van der Waals surface area contributed by atoms with E-state index < -0.39 is 0 Å². The highest BCUT2D eigenvalue weighted by atomic mass is 35.5. The van der Waals surface area contributed by atoms with Crippen LogP contribution in [0.5, 0.6) is 0 Å². The van der Waals surface area contributed by atoms with Crippen LogP contribution in [0.3, 0.4) is 0 Å². The molecule has 0 spiro atoms. The number of nitrogens with one attached hydrogen (secondary N) is 2.